The highest BCUT2D eigenvalue weighted by molar-refractivity contribution is 7.99. The van der Waals surface area contributed by atoms with Crippen LogP contribution in [0.4, 0.5) is 0 Å². The van der Waals surface area contributed by atoms with Gasteiger partial charge in [-0.1, -0.05) is 18.2 Å². The van der Waals surface area contributed by atoms with Gasteiger partial charge >= 0.3 is 17.9 Å². The van der Waals surface area contributed by atoms with Crippen LogP contribution in [0.25, 0.3) is 11.1 Å². The number of ether oxygens (including phenoxy) is 4. The van der Waals surface area contributed by atoms with Crippen molar-refractivity contribution in [3.05, 3.63) is 48.8 Å². The maximum Gasteiger partial charge on any atom is 0.303 e. The van der Waals surface area contributed by atoms with Crippen LogP contribution in [0.1, 0.15) is 20.8 Å². The fourth-order valence-corrected chi connectivity index (χ4v) is 4.48. The Balaban J connectivity index is 1.92. The molecule has 0 amide bonds. The second-order valence-electron chi connectivity index (χ2n) is 6.85. The molecule has 0 unspecified atom stereocenters. The van der Waals surface area contributed by atoms with E-state index >= 15 is 0 Å². The molecule has 31 heavy (non-hydrogen) atoms. The van der Waals surface area contributed by atoms with Crippen molar-refractivity contribution in [2.45, 2.75) is 44.5 Å². The molecule has 2 heterocycles. The third-order valence-electron chi connectivity index (χ3n) is 4.43. The summed E-state index contributed by atoms with van der Waals surface area (Å²) in [6.07, 6.45) is 0.623. The Bertz CT molecular complexity index is 936. The molecule has 1 aromatic carbocycles. The molecule has 1 aliphatic rings. The lowest BCUT2D eigenvalue weighted by Crippen LogP contribution is -2.55. The molecule has 0 aliphatic carbocycles. The number of carbonyl (C=O) groups is 3. The summed E-state index contributed by atoms with van der Waals surface area (Å²) in [5.74, 6) is -0.802. The van der Waals surface area contributed by atoms with Gasteiger partial charge in [0.2, 0.25) is 0 Å². The smallest absolute Gasteiger partial charge is 0.303 e. The van der Waals surface area contributed by atoms with Crippen molar-refractivity contribution in [3.63, 3.8) is 0 Å². The van der Waals surface area contributed by atoms with Gasteiger partial charge in [-0.3, -0.25) is 19.4 Å². The molecule has 0 N–H and O–H groups in total. The highest BCUT2D eigenvalue weighted by Crippen LogP contribution is 2.37. The number of benzene rings is 1. The maximum atomic E-state index is 11.8. The van der Waals surface area contributed by atoms with Gasteiger partial charge in [-0.2, -0.15) is 0 Å². The van der Waals surface area contributed by atoms with E-state index in [1.165, 1.54) is 32.5 Å². The van der Waals surface area contributed by atoms with Crippen LogP contribution in [0.2, 0.25) is 0 Å². The number of pyridine rings is 1. The van der Waals surface area contributed by atoms with Crippen LogP contribution in [0, 0.1) is 0 Å². The lowest BCUT2D eigenvalue weighted by Gasteiger charge is -2.40. The summed E-state index contributed by atoms with van der Waals surface area (Å²) in [6, 6.07) is 11.2. The van der Waals surface area contributed by atoms with E-state index in [0.717, 1.165) is 11.1 Å². The molecule has 8 nitrogen and oxygen atoms in total. The molecule has 0 radical (unpaired) electrons. The number of carbonyl (C=O) groups excluding carboxylic acids is 3. The van der Waals surface area contributed by atoms with Crippen LogP contribution in [-0.2, 0) is 28.6 Å². The van der Waals surface area contributed by atoms with Crippen LogP contribution in [0.15, 0.2) is 48.8 Å². The van der Waals surface area contributed by atoms with Crippen molar-refractivity contribution in [2.24, 2.45) is 0 Å². The number of nitrogens with zero attached hydrogens (tertiary/aromatic N) is 1. The summed E-state index contributed by atoms with van der Waals surface area (Å²) in [7, 11) is 0. The number of hydrogen-bond donors (Lipinski definition) is 0. The van der Waals surface area contributed by atoms with E-state index in [1.807, 2.05) is 30.3 Å². The molecule has 2 aromatic rings. The number of esters is 3. The first-order chi connectivity index (χ1) is 14.8. The van der Waals surface area contributed by atoms with Gasteiger partial charge in [0.1, 0.15) is 5.75 Å². The molecule has 0 spiro atoms. The van der Waals surface area contributed by atoms with Gasteiger partial charge in [-0.05, 0) is 23.8 Å². The van der Waals surface area contributed by atoms with Crippen molar-refractivity contribution >= 4 is 29.7 Å². The number of thioether (sulfide) groups is 1. The van der Waals surface area contributed by atoms with Crippen molar-refractivity contribution < 1.29 is 33.3 Å². The maximum absolute atomic E-state index is 11.8. The van der Waals surface area contributed by atoms with Crippen LogP contribution >= 0.6 is 11.8 Å². The molecule has 3 rings (SSSR count). The molecule has 164 valence electrons. The first-order valence-electron chi connectivity index (χ1n) is 9.64. The Hall–Kier alpha value is -3.07. The molecular weight excluding hydrogens is 422 g/mol. The number of para-hydroxylation sites is 1. The van der Waals surface area contributed by atoms with Crippen LogP contribution in [0.3, 0.4) is 0 Å². The van der Waals surface area contributed by atoms with E-state index in [1.54, 1.807) is 18.5 Å². The predicted molar refractivity (Wildman–Crippen MR) is 113 cm³/mol. The zero-order chi connectivity index (χ0) is 22.4. The topological polar surface area (TPSA) is 101 Å². The average Bonchev–Trinajstić information content (AvgIpc) is 2.72. The van der Waals surface area contributed by atoms with Crippen molar-refractivity contribution in [2.75, 3.05) is 5.75 Å². The zero-order valence-electron chi connectivity index (χ0n) is 17.3. The minimum Gasteiger partial charge on any atom is -0.475 e. The number of aromatic nitrogens is 1. The number of rotatable bonds is 6. The Morgan fingerprint density at radius 3 is 2.13 bits per heavy atom. The lowest BCUT2D eigenvalue weighted by atomic mass is 10.1. The molecule has 0 bridgehead atoms. The van der Waals surface area contributed by atoms with E-state index in [-0.39, 0.29) is 0 Å². The SMILES string of the molecule is CC(=O)O[C@@H]1[C@@H](OC(C)=O)[C@@H](Oc2ccccc2-c2ccncc2)SC[C@H]1OC(C)=O. The summed E-state index contributed by atoms with van der Waals surface area (Å²) >= 11 is 1.31. The second kappa shape index (κ2) is 10.3. The summed E-state index contributed by atoms with van der Waals surface area (Å²) in [4.78, 5) is 39.1. The normalized spacial score (nSPS) is 22.8. The van der Waals surface area contributed by atoms with Gasteiger partial charge in [-0.25, -0.2) is 0 Å². The summed E-state index contributed by atoms with van der Waals surface area (Å²) in [5, 5.41) is 0. The first kappa shape index (κ1) is 22.6. The number of hydrogen-bond acceptors (Lipinski definition) is 9. The molecule has 4 atom stereocenters. The third kappa shape index (κ3) is 5.97. The molecular formula is C22H23NO7S. The van der Waals surface area contributed by atoms with Gasteiger partial charge in [0.25, 0.3) is 0 Å². The molecule has 1 fully saturated rings. The summed E-state index contributed by atoms with van der Waals surface area (Å²) in [6.45, 7) is 3.77. The van der Waals surface area contributed by atoms with Crippen LogP contribution in [0.5, 0.6) is 5.75 Å². The van der Waals surface area contributed by atoms with E-state index in [4.69, 9.17) is 18.9 Å². The molecule has 0 saturated carbocycles. The highest BCUT2D eigenvalue weighted by atomic mass is 32.2. The fraction of sp³-hybridized carbons (Fsp3) is 0.364. The molecule has 1 aromatic heterocycles. The lowest BCUT2D eigenvalue weighted by molar-refractivity contribution is -0.186. The monoisotopic (exact) mass is 445 g/mol. The standard InChI is InChI=1S/C22H23NO7S/c1-13(24)27-19-12-31-22(21(29-15(3)26)20(19)28-14(2)25)30-18-7-5-4-6-17(18)16-8-10-23-11-9-16/h4-11,19-22H,12H2,1-3H3/t19-,20+,21-,22+/m1/s1. The Morgan fingerprint density at radius 2 is 1.48 bits per heavy atom. The van der Waals surface area contributed by atoms with E-state index < -0.39 is 41.7 Å². The quantitative estimate of drug-likeness (QED) is 0.490. The van der Waals surface area contributed by atoms with Crippen molar-refractivity contribution in [3.8, 4) is 16.9 Å². The van der Waals surface area contributed by atoms with Gasteiger partial charge in [0, 0.05) is 44.5 Å². The molecule has 1 aliphatic heterocycles. The predicted octanol–water partition coefficient (Wildman–Crippen LogP) is 3.00. The largest absolute Gasteiger partial charge is 0.475 e. The minimum absolute atomic E-state index is 0.303. The Labute approximate surface area is 184 Å². The van der Waals surface area contributed by atoms with Crippen molar-refractivity contribution in [1.29, 1.82) is 0 Å². The fourth-order valence-electron chi connectivity index (χ4n) is 3.27. The van der Waals surface area contributed by atoms with E-state index in [2.05, 4.69) is 4.98 Å². The third-order valence-corrected chi connectivity index (χ3v) is 5.64. The minimum atomic E-state index is -0.996. The first-order valence-corrected chi connectivity index (χ1v) is 10.7. The Kier molecular flexibility index (Phi) is 7.51. The molecule has 9 heteroatoms. The van der Waals surface area contributed by atoms with Gasteiger partial charge < -0.3 is 18.9 Å². The second-order valence-corrected chi connectivity index (χ2v) is 7.98. The van der Waals surface area contributed by atoms with Gasteiger partial charge in [0.05, 0.1) is 0 Å². The average molecular weight is 445 g/mol. The van der Waals surface area contributed by atoms with Crippen molar-refractivity contribution in [1.82, 2.24) is 4.98 Å². The summed E-state index contributed by atoms with van der Waals surface area (Å²) in [5.41, 5.74) is 1.05. The Morgan fingerprint density at radius 1 is 0.871 bits per heavy atom. The van der Waals surface area contributed by atoms with Crippen LogP contribution in [-0.4, -0.2) is 52.4 Å². The zero-order valence-corrected chi connectivity index (χ0v) is 18.2. The summed E-state index contributed by atoms with van der Waals surface area (Å²) < 4.78 is 22.5. The highest BCUT2D eigenvalue weighted by Gasteiger charge is 2.47. The van der Waals surface area contributed by atoms with Crippen LogP contribution < -0.4 is 4.74 Å². The van der Waals surface area contributed by atoms with Gasteiger partial charge in [-0.15, -0.1) is 11.8 Å². The van der Waals surface area contributed by atoms with E-state index in [9.17, 15) is 14.4 Å². The van der Waals surface area contributed by atoms with Gasteiger partial charge in [0.15, 0.2) is 23.7 Å². The molecule has 1 saturated heterocycles. The van der Waals surface area contributed by atoms with E-state index in [0.29, 0.717) is 11.5 Å².